The first kappa shape index (κ1) is 9.59. The molecule has 18 heavy (non-hydrogen) atoms. The van der Waals surface area contributed by atoms with E-state index in [9.17, 15) is 5.11 Å². The first-order valence-corrected chi connectivity index (χ1v) is 5.79. The molecule has 0 unspecified atom stereocenters. The second-order valence-corrected chi connectivity index (χ2v) is 4.38. The van der Waals surface area contributed by atoms with Crippen molar-refractivity contribution in [2.75, 3.05) is 0 Å². The average molecular weight is 238 g/mol. The van der Waals surface area contributed by atoms with Crippen molar-refractivity contribution in [3.05, 3.63) is 48.0 Å². The van der Waals surface area contributed by atoms with Gasteiger partial charge in [0.15, 0.2) is 0 Å². The van der Waals surface area contributed by atoms with E-state index in [-0.39, 0.29) is 5.75 Å². The Morgan fingerprint density at radius 1 is 1.06 bits per heavy atom. The average Bonchev–Trinajstić information content (AvgIpc) is 2.77. The van der Waals surface area contributed by atoms with Gasteiger partial charge in [-0.1, -0.05) is 18.2 Å². The fraction of sp³-hybridized carbons (Fsp3) is 0.0667. The highest BCUT2D eigenvalue weighted by Gasteiger charge is 2.23. The topological polar surface area (TPSA) is 42.6 Å². The van der Waals surface area contributed by atoms with Crippen LogP contribution in [0.15, 0.2) is 46.9 Å². The number of phenols is 1. The fourth-order valence-corrected chi connectivity index (χ4v) is 2.43. The van der Waals surface area contributed by atoms with Gasteiger partial charge in [0.05, 0.1) is 5.56 Å². The molecule has 0 atom stereocenters. The van der Waals surface area contributed by atoms with E-state index in [1.165, 1.54) is 0 Å². The molecular formula is C15H10O3. The molecule has 0 saturated heterocycles. The maximum absolute atomic E-state index is 9.47. The van der Waals surface area contributed by atoms with Crippen molar-refractivity contribution in [2.45, 2.75) is 6.61 Å². The maximum atomic E-state index is 9.47. The Labute approximate surface area is 103 Å². The normalized spacial score (nSPS) is 12.9. The largest absolute Gasteiger partial charge is 0.508 e. The van der Waals surface area contributed by atoms with Crippen LogP contribution in [-0.2, 0) is 6.61 Å². The highest BCUT2D eigenvalue weighted by molar-refractivity contribution is 5.89. The minimum atomic E-state index is 0.202. The zero-order chi connectivity index (χ0) is 12.1. The maximum Gasteiger partial charge on any atom is 0.145 e. The Bertz CT molecular complexity index is 756. The van der Waals surface area contributed by atoms with E-state index in [4.69, 9.17) is 9.15 Å². The van der Waals surface area contributed by atoms with Crippen LogP contribution in [0.1, 0.15) is 5.56 Å². The van der Waals surface area contributed by atoms with Crippen molar-refractivity contribution >= 4 is 11.0 Å². The smallest absolute Gasteiger partial charge is 0.145 e. The lowest BCUT2D eigenvalue weighted by molar-refractivity contribution is 0.298. The zero-order valence-corrected chi connectivity index (χ0v) is 9.51. The molecule has 2 aromatic carbocycles. The molecule has 1 N–H and O–H groups in total. The number of aromatic hydroxyl groups is 1. The zero-order valence-electron chi connectivity index (χ0n) is 9.51. The first-order valence-electron chi connectivity index (χ1n) is 5.79. The van der Waals surface area contributed by atoms with Gasteiger partial charge in [0, 0.05) is 17.0 Å². The molecule has 3 aromatic rings. The number of hydrogen-bond acceptors (Lipinski definition) is 3. The predicted octanol–water partition coefficient (Wildman–Crippen LogP) is 3.70. The monoisotopic (exact) mass is 238 g/mol. The van der Waals surface area contributed by atoms with Crippen LogP contribution in [0.5, 0.6) is 11.5 Å². The molecule has 3 nitrogen and oxygen atoms in total. The van der Waals surface area contributed by atoms with E-state index in [1.54, 1.807) is 12.1 Å². The fourth-order valence-electron chi connectivity index (χ4n) is 2.43. The SMILES string of the molecule is Oc1ccc2c(c1)OCc1c-2oc2ccccc12. The van der Waals surface area contributed by atoms with Crippen molar-refractivity contribution in [3.63, 3.8) is 0 Å². The molecule has 1 aromatic heterocycles. The molecule has 0 amide bonds. The van der Waals surface area contributed by atoms with Gasteiger partial charge < -0.3 is 14.3 Å². The van der Waals surface area contributed by atoms with Gasteiger partial charge in [0.1, 0.15) is 29.4 Å². The molecule has 0 aliphatic carbocycles. The van der Waals surface area contributed by atoms with E-state index >= 15 is 0 Å². The summed E-state index contributed by atoms with van der Waals surface area (Å²) in [4.78, 5) is 0. The standard InChI is InChI=1S/C15H10O3/c16-9-5-6-11-14(7-9)17-8-12-10-3-1-2-4-13(10)18-15(11)12/h1-7,16H,8H2. The van der Waals surface area contributed by atoms with Crippen LogP contribution in [0.2, 0.25) is 0 Å². The van der Waals surface area contributed by atoms with E-state index < -0.39 is 0 Å². The highest BCUT2D eigenvalue weighted by atomic mass is 16.5. The van der Waals surface area contributed by atoms with Crippen molar-refractivity contribution < 1.29 is 14.3 Å². The third-order valence-electron chi connectivity index (χ3n) is 3.28. The van der Waals surface area contributed by atoms with Crippen LogP contribution in [-0.4, -0.2) is 5.11 Å². The molecule has 2 heterocycles. The Morgan fingerprint density at radius 3 is 2.89 bits per heavy atom. The number of fused-ring (bicyclic) bond motifs is 5. The third kappa shape index (κ3) is 1.19. The highest BCUT2D eigenvalue weighted by Crippen LogP contribution is 2.43. The van der Waals surface area contributed by atoms with Crippen molar-refractivity contribution in [3.8, 4) is 22.8 Å². The summed E-state index contributed by atoms with van der Waals surface area (Å²) in [5.41, 5.74) is 2.83. The predicted molar refractivity (Wildman–Crippen MR) is 67.6 cm³/mol. The Hall–Kier alpha value is -2.42. The van der Waals surface area contributed by atoms with Gasteiger partial charge in [-0.3, -0.25) is 0 Å². The van der Waals surface area contributed by atoms with Gasteiger partial charge in [-0.2, -0.15) is 0 Å². The van der Waals surface area contributed by atoms with Gasteiger partial charge >= 0.3 is 0 Å². The van der Waals surface area contributed by atoms with Crippen molar-refractivity contribution in [1.82, 2.24) is 0 Å². The van der Waals surface area contributed by atoms with Crippen molar-refractivity contribution in [1.29, 1.82) is 0 Å². The first-order chi connectivity index (χ1) is 8.83. The second-order valence-electron chi connectivity index (χ2n) is 4.38. The lowest BCUT2D eigenvalue weighted by atomic mass is 10.0. The quantitative estimate of drug-likeness (QED) is 0.649. The number of rotatable bonds is 0. The van der Waals surface area contributed by atoms with E-state index in [1.807, 2.05) is 30.3 Å². The minimum absolute atomic E-state index is 0.202. The minimum Gasteiger partial charge on any atom is -0.508 e. The molecule has 0 bridgehead atoms. The lowest BCUT2D eigenvalue weighted by Crippen LogP contribution is -2.03. The van der Waals surface area contributed by atoms with Gasteiger partial charge in [0.25, 0.3) is 0 Å². The molecule has 0 spiro atoms. The summed E-state index contributed by atoms with van der Waals surface area (Å²) in [6.45, 7) is 0.475. The van der Waals surface area contributed by atoms with Gasteiger partial charge in [0.2, 0.25) is 0 Å². The molecule has 1 aliphatic rings. The van der Waals surface area contributed by atoms with Gasteiger partial charge in [-0.15, -0.1) is 0 Å². The van der Waals surface area contributed by atoms with Crippen LogP contribution in [0.4, 0.5) is 0 Å². The van der Waals surface area contributed by atoms with Crippen molar-refractivity contribution in [2.24, 2.45) is 0 Å². The van der Waals surface area contributed by atoms with E-state index in [0.717, 1.165) is 27.9 Å². The Morgan fingerprint density at radius 2 is 1.94 bits per heavy atom. The van der Waals surface area contributed by atoms with Crippen LogP contribution in [0.3, 0.4) is 0 Å². The van der Waals surface area contributed by atoms with Crippen LogP contribution < -0.4 is 4.74 Å². The summed E-state index contributed by atoms with van der Waals surface area (Å²) in [5.74, 6) is 1.72. The summed E-state index contributed by atoms with van der Waals surface area (Å²) in [7, 11) is 0. The Kier molecular flexibility index (Phi) is 1.75. The van der Waals surface area contributed by atoms with Gasteiger partial charge in [-0.05, 0) is 18.2 Å². The molecular weight excluding hydrogens is 228 g/mol. The Balaban J connectivity index is 2.06. The number of benzene rings is 2. The van der Waals surface area contributed by atoms with Crippen LogP contribution in [0.25, 0.3) is 22.3 Å². The van der Waals surface area contributed by atoms with E-state index in [0.29, 0.717) is 12.4 Å². The molecule has 88 valence electrons. The number of hydrogen-bond donors (Lipinski definition) is 1. The summed E-state index contributed by atoms with van der Waals surface area (Å²) >= 11 is 0. The van der Waals surface area contributed by atoms with Crippen LogP contribution in [0, 0.1) is 0 Å². The summed E-state index contributed by atoms with van der Waals surface area (Å²) in [6.07, 6.45) is 0. The number of furan rings is 1. The third-order valence-corrected chi connectivity index (χ3v) is 3.28. The molecule has 0 fully saturated rings. The molecule has 0 saturated carbocycles. The molecule has 0 radical (unpaired) electrons. The summed E-state index contributed by atoms with van der Waals surface area (Å²) in [5, 5.41) is 10.6. The summed E-state index contributed by atoms with van der Waals surface area (Å²) < 4.78 is 11.6. The number of phenolic OH excluding ortho intramolecular Hbond substituents is 1. The number of ether oxygens (including phenoxy) is 1. The molecule has 3 heteroatoms. The lowest BCUT2D eigenvalue weighted by Gasteiger charge is -2.16. The molecule has 1 aliphatic heterocycles. The van der Waals surface area contributed by atoms with E-state index in [2.05, 4.69) is 0 Å². The van der Waals surface area contributed by atoms with Crippen LogP contribution >= 0.6 is 0 Å². The van der Waals surface area contributed by atoms with Gasteiger partial charge in [-0.25, -0.2) is 0 Å². The summed E-state index contributed by atoms with van der Waals surface area (Å²) in [6, 6.07) is 13.0. The number of para-hydroxylation sites is 1. The second kappa shape index (κ2) is 3.29. The molecule has 4 rings (SSSR count).